The van der Waals surface area contributed by atoms with Crippen LogP contribution < -0.4 is 5.32 Å². The van der Waals surface area contributed by atoms with Gasteiger partial charge in [-0.05, 0) is 52.7 Å². The Bertz CT molecular complexity index is 413. The molecule has 2 saturated heterocycles. The van der Waals surface area contributed by atoms with Crippen molar-refractivity contribution in [3.63, 3.8) is 0 Å². The minimum absolute atomic E-state index is 0.384. The first-order chi connectivity index (χ1) is 13.2. The minimum atomic E-state index is 0.384. The summed E-state index contributed by atoms with van der Waals surface area (Å²) in [5, 5.41) is 3.48. The summed E-state index contributed by atoms with van der Waals surface area (Å²) in [6.45, 7) is 13.4. The van der Waals surface area contributed by atoms with Gasteiger partial charge < -0.3 is 29.5 Å². The monoisotopic (exact) mass is 383 g/mol. The Balaban J connectivity index is 1.71. The number of methoxy groups -OCH3 is 1. The van der Waals surface area contributed by atoms with Crippen LogP contribution in [0.25, 0.3) is 0 Å². The smallest absolute Gasteiger partial charge is 0.193 e. The van der Waals surface area contributed by atoms with E-state index in [1.54, 1.807) is 7.11 Å². The molecule has 27 heavy (non-hydrogen) atoms. The van der Waals surface area contributed by atoms with E-state index >= 15 is 0 Å². The molecule has 0 radical (unpaired) electrons. The molecule has 0 aromatic heterocycles. The van der Waals surface area contributed by atoms with Crippen molar-refractivity contribution >= 4 is 5.96 Å². The van der Waals surface area contributed by atoms with Crippen LogP contribution in [0.4, 0.5) is 0 Å². The molecule has 7 nitrogen and oxygen atoms in total. The lowest BCUT2D eigenvalue weighted by molar-refractivity contribution is 0.00990. The van der Waals surface area contributed by atoms with Crippen LogP contribution in [0.15, 0.2) is 4.99 Å². The molecule has 0 aromatic carbocycles. The normalized spacial score (nSPS) is 21.4. The molecule has 0 unspecified atom stereocenters. The van der Waals surface area contributed by atoms with Gasteiger partial charge in [-0.2, -0.15) is 0 Å². The van der Waals surface area contributed by atoms with E-state index in [1.165, 1.54) is 26.1 Å². The topological polar surface area (TPSA) is 52.6 Å². The Hall–Kier alpha value is -0.890. The van der Waals surface area contributed by atoms with Crippen LogP contribution in [-0.4, -0.2) is 113 Å². The van der Waals surface area contributed by atoms with E-state index in [0.29, 0.717) is 6.10 Å². The van der Waals surface area contributed by atoms with Gasteiger partial charge in [0.25, 0.3) is 0 Å². The first-order valence-electron chi connectivity index (χ1n) is 10.8. The third-order valence-electron chi connectivity index (χ3n) is 5.41. The summed E-state index contributed by atoms with van der Waals surface area (Å²) < 4.78 is 11.1. The van der Waals surface area contributed by atoms with Gasteiger partial charge in [-0.1, -0.05) is 0 Å². The second-order valence-corrected chi connectivity index (χ2v) is 7.64. The highest BCUT2D eigenvalue weighted by Crippen LogP contribution is 2.14. The first kappa shape index (κ1) is 22.4. The number of rotatable bonds is 9. The lowest BCUT2D eigenvalue weighted by Crippen LogP contribution is -2.47. The Kier molecular flexibility index (Phi) is 11.0. The summed E-state index contributed by atoms with van der Waals surface area (Å²) in [7, 11) is 3.96. The van der Waals surface area contributed by atoms with Crippen molar-refractivity contribution in [1.82, 2.24) is 20.0 Å². The van der Waals surface area contributed by atoms with E-state index in [9.17, 15) is 0 Å². The Labute approximate surface area is 166 Å². The minimum Gasteiger partial charge on any atom is -0.385 e. The second-order valence-electron chi connectivity index (χ2n) is 7.64. The van der Waals surface area contributed by atoms with Gasteiger partial charge in [0.15, 0.2) is 5.96 Å². The summed E-state index contributed by atoms with van der Waals surface area (Å²) in [6, 6.07) is 0. The van der Waals surface area contributed by atoms with Gasteiger partial charge in [0.1, 0.15) is 0 Å². The van der Waals surface area contributed by atoms with Crippen LogP contribution >= 0.6 is 0 Å². The molecule has 1 N–H and O–H groups in total. The van der Waals surface area contributed by atoms with Gasteiger partial charge in [0, 0.05) is 59.6 Å². The highest BCUT2D eigenvalue weighted by atomic mass is 16.5. The Morgan fingerprint density at radius 1 is 1.07 bits per heavy atom. The van der Waals surface area contributed by atoms with Crippen molar-refractivity contribution < 1.29 is 9.47 Å². The number of nitrogens with zero attached hydrogens (tertiary/aromatic N) is 4. The lowest BCUT2D eigenvalue weighted by Gasteiger charge is -2.34. The van der Waals surface area contributed by atoms with E-state index in [0.717, 1.165) is 77.7 Å². The Morgan fingerprint density at radius 2 is 1.89 bits per heavy atom. The van der Waals surface area contributed by atoms with Crippen molar-refractivity contribution in [3.05, 3.63) is 0 Å². The van der Waals surface area contributed by atoms with Gasteiger partial charge in [-0.15, -0.1) is 0 Å². The van der Waals surface area contributed by atoms with Crippen LogP contribution in [0.3, 0.4) is 0 Å². The van der Waals surface area contributed by atoms with E-state index < -0.39 is 0 Å². The fraction of sp³-hybridized carbons (Fsp3) is 0.950. The fourth-order valence-electron chi connectivity index (χ4n) is 3.73. The van der Waals surface area contributed by atoms with Crippen molar-refractivity contribution in [3.8, 4) is 0 Å². The van der Waals surface area contributed by atoms with Crippen LogP contribution in [0.5, 0.6) is 0 Å². The molecule has 0 bridgehead atoms. The maximum Gasteiger partial charge on any atom is 0.193 e. The van der Waals surface area contributed by atoms with Crippen molar-refractivity contribution in [1.29, 1.82) is 0 Å². The van der Waals surface area contributed by atoms with Crippen molar-refractivity contribution in [2.24, 2.45) is 4.99 Å². The molecule has 7 heteroatoms. The second kappa shape index (κ2) is 13.3. The number of guanidine groups is 1. The molecule has 0 spiro atoms. The zero-order valence-electron chi connectivity index (χ0n) is 17.8. The highest BCUT2D eigenvalue weighted by molar-refractivity contribution is 5.80. The number of piperidine rings is 1. The molecule has 158 valence electrons. The summed E-state index contributed by atoms with van der Waals surface area (Å²) in [5.74, 6) is 1.07. The molecule has 0 aliphatic carbocycles. The number of hydrogen-bond acceptors (Lipinski definition) is 5. The van der Waals surface area contributed by atoms with Crippen LogP contribution in [0, 0.1) is 0 Å². The average molecular weight is 384 g/mol. The van der Waals surface area contributed by atoms with Gasteiger partial charge in [0.2, 0.25) is 0 Å². The molecule has 0 atom stereocenters. The number of hydrogen-bond donors (Lipinski definition) is 1. The number of nitrogens with one attached hydrogen (secondary N) is 1. The van der Waals surface area contributed by atoms with Gasteiger partial charge in [-0.3, -0.25) is 4.99 Å². The lowest BCUT2D eigenvalue weighted by atomic mass is 10.1. The number of ether oxygens (including phenoxy) is 2. The van der Waals surface area contributed by atoms with Gasteiger partial charge >= 0.3 is 0 Å². The molecule has 2 aliphatic heterocycles. The predicted molar refractivity (Wildman–Crippen MR) is 112 cm³/mol. The van der Waals surface area contributed by atoms with E-state index in [-0.39, 0.29) is 0 Å². The van der Waals surface area contributed by atoms with Crippen LogP contribution in [-0.2, 0) is 9.47 Å². The van der Waals surface area contributed by atoms with Gasteiger partial charge in [0.05, 0.1) is 12.6 Å². The molecule has 2 fully saturated rings. The SMILES string of the molecule is CCNC(=NCCN1CCCN(C)CC1)N1CCC(OCCCOC)CC1. The molecular weight excluding hydrogens is 342 g/mol. The summed E-state index contributed by atoms with van der Waals surface area (Å²) in [4.78, 5) is 12.3. The Morgan fingerprint density at radius 3 is 2.63 bits per heavy atom. The largest absolute Gasteiger partial charge is 0.385 e. The number of likely N-dealkylation sites (N-methyl/N-ethyl adjacent to an activating group) is 1. The molecule has 0 amide bonds. The maximum absolute atomic E-state index is 5.98. The zero-order valence-corrected chi connectivity index (χ0v) is 17.8. The zero-order chi connectivity index (χ0) is 19.3. The summed E-state index contributed by atoms with van der Waals surface area (Å²) in [6.07, 6.45) is 4.78. The molecular formula is C20H41N5O2. The van der Waals surface area contributed by atoms with E-state index in [2.05, 4.69) is 34.0 Å². The molecule has 0 saturated carbocycles. The summed E-state index contributed by atoms with van der Waals surface area (Å²) in [5.41, 5.74) is 0. The fourth-order valence-corrected chi connectivity index (χ4v) is 3.73. The standard InChI is InChI=1S/C20H41N5O2/c1-4-21-20(22-9-14-24-11-5-10-23(2)15-16-24)25-12-7-19(8-13-25)27-18-6-17-26-3/h19H,4-18H2,1-3H3,(H,21,22). The average Bonchev–Trinajstić information content (AvgIpc) is 2.89. The number of aliphatic imine (C=N–C) groups is 1. The summed E-state index contributed by atoms with van der Waals surface area (Å²) >= 11 is 0. The predicted octanol–water partition coefficient (Wildman–Crippen LogP) is 1.11. The highest BCUT2D eigenvalue weighted by Gasteiger charge is 2.22. The van der Waals surface area contributed by atoms with Gasteiger partial charge in [-0.25, -0.2) is 0 Å². The quantitative estimate of drug-likeness (QED) is 0.366. The first-order valence-corrected chi connectivity index (χ1v) is 10.8. The molecule has 0 aromatic rings. The van der Waals surface area contributed by atoms with Crippen LogP contribution in [0.1, 0.15) is 32.6 Å². The molecule has 2 rings (SSSR count). The van der Waals surface area contributed by atoms with E-state index in [4.69, 9.17) is 14.5 Å². The third kappa shape index (κ3) is 8.77. The number of likely N-dealkylation sites (tertiary alicyclic amines) is 1. The molecule has 2 aliphatic rings. The van der Waals surface area contributed by atoms with Crippen molar-refractivity contribution in [2.75, 3.05) is 86.3 Å². The molecule has 2 heterocycles. The maximum atomic E-state index is 5.98. The third-order valence-corrected chi connectivity index (χ3v) is 5.41. The van der Waals surface area contributed by atoms with Crippen LogP contribution in [0.2, 0.25) is 0 Å². The van der Waals surface area contributed by atoms with Crippen molar-refractivity contribution in [2.45, 2.75) is 38.7 Å². The van der Waals surface area contributed by atoms with E-state index in [1.807, 2.05) is 0 Å².